The highest BCUT2D eigenvalue weighted by molar-refractivity contribution is 5.91. The summed E-state index contributed by atoms with van der Waals surface area (Å²) in [4.78, 5) is 17.3. The van der Waals surface area contributed by atoms with Gasteiger partial charge in [-0.15, -0.1) is 0 Å². The molecule has 0 unspecified atom stereocenters. The molecular weight excluding hydrogens is 354 g/mol. The van der Waals surface area contributed by atoms with Gasteiger partial charge in [0.15, 0.2) is 0 Å². The number of aromatic nitrogens is 1. The maximum atomic E-state index is 12.8. The first-order valence-electron chi connectivity index (χ1n) is 10.4. The van der Waals surface area contributed by atoms with E-state index in [9.17, 15) is 4.79 Å². The van der Waals surface area contributed by atoms with Gasteiger partial charge in [0, 0.05) is 55.9 Å². The van der Waals surface area contributed by atoms with Crippen LogP contribution in [0, 0.1) is 6.92 Å². The number of hydrogen-bond acceptors (Lipinski definition) is 4. The van der Waals surface area contributed by atoms with Gasteiger partial charge in [-0.3, -0.25) is 9.69 Å². The van der Waals surface area contributed by atoms with Gasteiger partial charge in [-0.05, 0) is 43.5 Å². The molecule has 152 valence electrons. The average Bonchev–Trinajstić information content (AvgIpc) is 3.35. The molecule has 0 spiro atoms. The third-order valence-electron chi connectivity index (χ3n) is 6.19. The third kappa shape index (κ3) is 3.89. The first kappa shape index (κ1) is 19.3. The van der Waals surface area contributed by atoms with E-state index in [1.807, 2.05) is 11.0 Å². The zero-order chi connectivity index (χ0) is 19.5. The molecule has 2 aliphatic heterocycles. The second-order valence-corrected chi connectivity index (χ2v) is 7.82. The summed E-state index contributed by atoms with van der Waals surface area (Å²) in [5, 5.41) is 1.14. The van der Waals surface area contributed by atoms with E-state index < -0.39 is 0 Å². The molecule has 1 amide bonds. The van der Waals surface area contributed by atoms with Crippen molar-refractivity contribution in [3.63, 3.8) is 0 Å². The fourth-order valence-electron chi connectivity index (χ4n) is 4.46. The molecular formula is C22H31N3O3. The Balaban J connectivity index is 1.62. The minimum atomic E-state index is 0.246. The minimum Gasteiger partial charge on any atom is -0.497 e. The van der Waals surface area contributed by atoms with Gasteiger partial charge in [0.2, 0.25) is 5.91 Å². The summed E-state index contributed by atoms with van der Waals surface area (Å²) < 4.78 is 13.3. The molecule has 1 aromatic carbocycles. The first-order chi connectivity index (χ1) is 13.7. The molecule has 0 atom stereocenters. The fourth-order valence-corrected chi connectivity index (χ4v) is 4.46. The van der Waals surface area contributed by atoms with Gasteiger partial charge < -0.3 is 18.9 Å². The topological polar surface area (TPSA) is 46.9 Å². The second-order valence-electron chi connectivity index (χ2n) is 7.82. The number of morpholine rings is 1. The maximum absolute atomic E-state index is 12.8. The Hall–Kier alpha value is -2.05. The number of nitrogens with zero attached hydrogens (tertiary/aromatic N) is 3. The van der Waals surface area contributed by atoms with Crippen molar-refractivity contribution in [2.75, 3.05) is 53.0 Å². The highest BCUT2D eigenvalue weighted by Gasteiger charge is 2.23. The minimum absolute atomic E-state index is 0.246. The number of fused-ring (bicyclic) bond motifs is 1. The number of hydrogen-bond donors (Lipinski definition) is 0. The predicted molar refractivity (Wildman–Crippen MR) is 110 cm³/mol. The van der Waals surface area contributed by atoms with Crippen LogP contribution in [0.4, 0.5) is 0 Å². The maximum Gasteiger partial charge on any atom is 0.227 e. The van der Waals surface area contributed by atoms with Crippen LogP contribution in [-0.4, -0.2) is 73.3 Å². The number of ether oxygens (including phenoxy) is 2. The van der Waals surface area contributed by atoms with Crippen molar-refractivity contribution in [2.24, 2.45) is 0 Å². The van der Waals surface area contributed by atoms with Gasteiger partial charge in [-0.1, -0.05) is 0 Å². The lowest BCUT2D eigenvalue weighted by atomic mass is 10.1. The van der Waals surface area contributed by atoms with E-state index in [0.717, 1.165) is 82.0 Å². The molecule has 1 aromatic heterocycles. The lowest BCUT2D eigenvalue weighted by Gasteiger charge is -2.27. The van der Waals surface area contributed by atoms with Crippen molar-refractivity contribution in [3.05, 3.63) is 29.5 Å². The van der Waals surface area contributed by atoms with Crippen molar-refractivity contribution in [1.29, 1.82) is 0 Å². The van der Waals surface area contributed by atoms with Crippen LogP contribution < -0.4 is 4.74 Å². The highest BCUT2D eigenvalue weighted by atomic mass is 16.5. The fraction of sp³-hybridized carbons (Fsp3) is 0.591. The second kappa shape index (κ2) is 8.53. The van der Waals surface area contributed by atoms with Gasteiger partial charge in [0.1, 0.15) is 5.75 Å². The lowest BCUT2D eigenvalue weighted by Crippen LogP contribution is -2.38. The van der Waals surface area contributed by atoms with Crippen LogP contribution in [0.3, 0.4) is 0 Å². The Labute approximate surface area is 167 Å². The molecule has 3 heterocycles. The van der Waals surface area contributed by atoms with Crippen LogP contribution in [0.2, 0.25) is 0 Å². The van der Waals surface area contributed by atoms with Crippen LogP contribution in [0.15, 0.2) is 18.2 Å². The van der Waals surface area contributed by atoms with Crippen LogP contribution in [0.1, 0.15) is 24.1 Å². The van der Waals surface area contributed by atoms with Crippen LogP contribution >= 0.6 is 0 Å². The van der Waals surface area contributed by atoms with Crippen molar-refractivity contribution >= 4 is 16.8 Å². The van der Waals surface area contributed by atoms with Gasteiger partial charge >= 0.3 is 0 Å². The quantitative estimate of drug-likeness (QED) is 0.766. The molecule has 0 radical (unpaired) electrons. The van der Waals surface area contributed by atoms with E-state index >= 15 is 0 Å². The predicted octanol–water partition coefficient (Wildman–Crippen LogP) is 2.46. The molecule has 2 aromatic rings. The summed E-state index contributed by atoms with van der Waals surface area (Å²) in [6, 6.07) is 6.23. The Morgan fingerprint density at radius 1 is 1.11 bits per heavy atom. The van der Waals surface area contributed by atoms with Crippen LogP contribution in [-0.2, 0) is 22.5 Å². The average molecular weight is 386 g/mol. The zero-order valence-corrected chi connectivity index (χ0v) is 17.1. The molecule has 2 fully saturated rings. The Morgan fingerprint density at radius 3 is 2.57 bits per heavy atom. The molecule has 0 bridgehead atoms. The summed E-state index contributed by atoms with van der Waals surface area (Å²) in [6.07, 6.45) is 2.72. The molecule has 4 rings (SSSR count). The Bertz CT molecular complexity index is 833. The number of amides is 1. The van der Waals surface area contributed by atoms with Gasteiger partial charge in [-0.2, -0.15) is 0 Å². The van der Waals surface area contributed by atoms with E-state index in [1.54, 1.807) is 7.11 Å². The third-order valence-corrected chi connectivity index (χ3v) is 6.19. The Morgan fingerprint density at radius 2 is 1.86 bits per heavy atom. The van der Waals surface area contributed by atoms with Crippen LogP contribution in [0.5, 0.6) is 5.75 Å². The highest BCUT2D eigenvalue weighted by Crippen LogP contribution is 2.30. The first-order valence-corrected chi connectivity index (χ1v) is 10.4. The number of benzene rings is 1. The molecule has 0 saturated carbocycles. The summed E-state index contributed by atoms with van der Waals surface area (Å²) >= 11 is 0. The van der Waals surface area contributed by atoms with E-state index in [2.05, 4.69) is 28.5 Å². The number of carbonyl (C=O) groups is 1. The van der Waals surface area contributed by atoms with E-state index in [0.29, 0.717) is 6.42 Å². The molecule has 6 heteroatoms. The van der Waals surface area contributed by atoms with E-state index in [4.69, 9.17) is 9.47 Å². The molecule has 0 N–H and O–H groups in total. The number of likely N-dealkylation sites (tertiary alicyclic amines) is 1. The van der Waals surface area contributed by atoms with Crippen molar-refractivity contribution in [1.82, 2.24) is 14.4 Å². The zero-order valence-electron chi connectivity index (χ0n) is 17.1. The standard InChI is InChI=1S/C22H31N3O3/c1-17-19(16-22(26)24-7-3-4-8-24)20-15-18(27-2)5-6-21(20)25(17)10-9-23-11-13-28-14-12-23/h5-6,15H,3-4,7-14,16H2,1-2H3. The van der Waals surface area contributed by atoms with Crippen molar-refractivity contribution < 1.29 is 14.3 Å². The number of carbonyl (C=O) groups excluding carboxylic acids is 1. The van der Waals surface area contributed by atoms with Gasteiger partial charge in [0.05, 0.1) is 26.7 Å². The summed E-state index contributed by atoms with van der Waals surface area (Å²) in [5.41, 5.74) is 3.53. The normalized spacial score (nSPS) is 18.1. The monoisotopic (exact) mass is 385 g/mol. The molecule has 0 aliphatic carbocycles. The Kier molecular flexibility index (Phi) is 5.87. The SMILES string of the molecule is COc1ccc2c(c1)c(CC(=O)N1CCCC1)c(C)n2CCN1CCOCC1. The lowest BCUT2D eigenvalue weighted by molar-refractivity contribution is -0.129. The summed E-state index contributed by atoms with van der Waals surface area (Å²) in [6.45, 7) is 9.49. The van der Waals surface area contributed by atoms with Gasteiger partial charge in [-0.25, -0.2) is 0 Å². The molecule has 6 nitrogen and oxygen atoms in total. The van der Waals surface area contributed by atoms with Crippen molar-refractivity contribution in [3.8, 4) is 5.75 Å². The smallest absolute Gasteiger partial charge is 0.227 e. The van der Waals surface area contributed by atoms with Crippen LogP contribution in [0.25, 0.3) is 10.9 Å². The summed E-state index contributed by atoms with van der Waals surface area (Å²) in [7, 11) is 1.69. The van der Waals surface area contributed by atoms with Crippen molar-refractivity contribution in [2.45, 2.75) is 32.7 Å². The number of rotatable bonds is 6. The molecule has 2 aliphatic rings. The van der Waals surface area contributed by atoms with Gasteiger partial charge in [0.25, 0.3) is 0 Å². The molecule has 28 heavy (non-hydrogen) atoms. The van der Waals surface area contributed by atoms with E-state index in [1.165, 1.54) is 11.2 Å². The molecule has 2 saturated heterocycles. The van der Waals surface area contributed by atoms with E-state index in [-0.39, 0.29) is 5.91 Å². The summed E-state index contributed by atoms with van der Waals surface area (Å²) in [5.74, 6) is 1.09. The number of methoxy groups -OCH3 is 1. The largest absolute Gasteiger partial charge is 0.497 e.